The number of methoxy groups -OCH3 is 1. The number of carbonyl (C=O) groups excluding carboxylic acids is 1. The number of nitrogens with one attached hydrogen (secondary N) is 1. The number of hydrogen-bond acceptors (Lipinski definition) is 4. The zero-order chi connectivity index (χ0) is 16.7. The molecule has 128 valence electrons. The van der Waals surface area contributed by atoms with E-state index in [1.54, 1.807) is 0 Å². The molecule has 1 fully saturated rings. The smallest absolute Gasteiger partial charge is 0.305 e. The third-order valence-electron chi connectivity index (χ3n) is 4.99. The predicted octanol–water partition coefficient (Wildman–Crippen LogP) is 3.02. The normalized spacial score (nSPS) is 24.4. The van der Waals surface area contributed by atoms with Crippen LogP contribution in [-0.4, -0.2) is 32.2 Å². The van der Waals surface area contributed by atoms with E-state index in [1.165, 1.54) is 12.7 Å². The van der Waals surface area contributed by atoms with Crippen molar-refractivity contribution in [2.24, 2.45) is 5.73 Å². The average Bonchev–Trinajstić information content (AvgIpc) is 2.59. The molecule has 0 amide bonds. The quantitative estimate of drug-likeness (QED) is 0.592. The van der Waals surface area contributed by atoms with E-state index in [0.717, 1.165) is 43.7 Å². The van der Waals surface area contributed by atoms with Crippen LogP contribution in [0.25, 0.3) is 0 Å². The van der Waals surface area contributed by atoms with Crippen molar-refractivity contribution in [3.05, 3.63) is 34.9 Å². The third-order valence-corrected chi connectivity index (χ3v) is 5.22. The summed E-state index contributed by atoms with van der Waals surface area (Å²) in [4.78, 5) is 11.1. The van der Waals surface area contributed by atoms with Crippen LogP contribution < -0.4 is 11.1 Å². The van der Waals surface area contributed by atoms with Gasteiger partial charge in [-0.25, -0.2) is 0 Å². The summed E-state index contributed by atoms with van der Waals surface area (Å²) in [7, 11) is 1.43. The van der Waals surface area contributed by atoms with Crippen LogP contribution in [0.5, 0.6) is 0 Å². The zero-order valence-corrected chi connectivity index (χ0v) is 14.6. The molecule has 0 aromatic heterocycles. The minimum absolute atomic E-state index is 0.0507. The molecular formula is C18H27ClN2O2. The van der Waals surface area contributed by atoms with Gasteiger partial charge in [0.1, 0.15) is 0 Å². The van der Waals surface area contributed by atoms with Gasteiger partial charge in [0.2, 0.25) is 0 Å². The molecule has 0 radical (unpaired) electrons. The van der Waals surface area contributed by atoms with Crippen LogP contribution in [0.15, 0.2) is 24.3 Å². The standard InChI is InChI=1S/C18H27ClN2O2/c1-23-17(22)6-3-11-21-16-7-9-18(13-20,10-8-16)14-4-2-5-15(19)12-14/h2,4-5,12,16,21H,3,6-11,13,20H2,1H3. The fourth-order valence-electron chi connectivity index (χ4n) is 3.44. The lowest BCUT2D eigenvalue weighted by atomic mass is 9.68. The van der Waals surface area contributed by atoms with Crippen molar-refractivity contribution in [1.29, 1.82) is 0 Å². The molecule has 1 aliphatic carbocycles. The van der Waals surface area contributed by atoms with Gasteiger partial charge in [-0.1, -0.05) is 23.7 Å². The molecule has 23 heavy (non-hydrogen) atoms. The van der Waals surface area contributed by atoms with Gasteiger partial charge in [-0.3, -0.25) is 4.79 Å². The molecule has 0 aliphatic heterocycles. The highest BCUT2D eigenvalue weighted by molar-refractivity contribution is 6.30. The third kappa shape index (κ3) is 4.93. The Morgan fingerprint density at radius 1 is 1.43 bits per heavy atom. The van der Waals surface area contributed by atoms with Crippen molar-refractivity contribution in [2.45, 2.75) is 50.0 Å². The molecule has 0 atom stereocenters. The lowest BCUT2D eigenvalue weighted by Crippen LogP contribution is -2.44. The van der Waals surface area contributed by atoms with Gasteiger partial charge in [-0.05, 0) is 56.3 Å². The first-order valence-electron chi connectivity index (χ1n) is 8.36. The molecular weight excluding hydrogens is 312 g/mol. The molecule has 5 heteroatoms. The van der Waals surface area contributed by atoms with Gasteiger partial charge in [-0.2, -0.15) is 0 Å². The van der Waals surface area contributed by atoms with Crippen molar-refractivity contribution < 1.29 is 9.53 Å². The first-order chi connectivity index (χ1) is 11.1. The number of benzene rings is 1. The fourth-order valence-corrected chi connectivity index (χ4v) is 3.63. The van der Waals surface area contributed by atoms with Crippen LogP contribution in [0.2, 0.25) is 5.02 Å². The van der Waals surface area contributed by atoms with Gasteiger partial charge >= 0.3 is 5.97 Å². The number of nitrogens with two attached hydrogens (primary N) is 1. The van der Waals surface area contributed by atoms with Gasteiger partial charge in [-0.15, -0.1) is 0 Å². The molecule has 0 unspecified atom stereocenters. The second kappa shape index (κ2) is 8.67. The highest BCUT2D eigenvalue weighted by Gasteiger charge is 2.35. The van der Waals surface area contributed by atoms with Gasteiger partial charge < -0.3 is 15.8 Å². The fraction of sp³-hybridized carbons (Fsp3) is 0.611. The molecule has 2 rings (SSSR count). The maximum atomic E-state index is 11.1. The molecule has 1 aliphatic rings. The molecule has 0 heterocycles. The Balaban J connectivity index is 1.83. The second-order valence-electron chi connectivity index (χ2n) is 6.40. The van der Waals surface area contributed by atoms with E-state index in [1.807, 2.05) is 12.1 Å². The number of carbonyl (C=O) groups is 1. The van der Waals surface area contributed by atoms with Gasteiger partial charge in [0, 0.05) is 29.4 Å². The number of ether oxygens (including phenoxy) is 1. The van der Waals surface area contributed by atoms with E-state index in [4.69, 9.17) is 17.3 Å². The summed E-state index contributed by atoms with van der Waals surface area (Å²) in [6, 6.07) is 8.61. The first-order valence-corrected chi connectivity index (χ1v) is 8.74. The lowest BCUT2D eigenvalue weighted by molar-refractivity contribution is -0.140. The van der Waals surface area contributed by atoms with Crippen LogP contribution in [0.4, 0.5) is 0 Å². The Hall–Kier alpha value is -1.10. The van der Waals surface area contributed by atoms with Gasteiger partial charge in [0.05, 0.1) is 7.11 Å². The van der Waals surface area contributed by atoms with Crippen molar-refractivity contribution in [3.8, 4) is 0 Å². The monoisotopic (exact) mass is 338 g/mol. The Bertz CT molecular complexity index is 513. The van der Waals surface area contributed by atoms with Crippen molar-refractivity contribution in [2.75, 3.05) is 20.2 Å². The summed E-state index contributed by atoms with van der Waals surface area (Å²) in [5, 5.41) is 4.33. The van der Waals surface area contributed by atoms with Gasteiger partial charge in [0.15, 0.2) is 0 Å². The van der Waals surface area contributed by atoms with E-state index in [-0.39, 0.29) is 11.4 Å². The highest BCUT2D eigenvalue weighted by atomic mass is 35.5. The molecule has 0 saturated heterocycles. The summed E-state index contributed by atoms with van der Waals surface area (Å²) in [5.41, 5.74) is 7.43. The number of halogens is 1. The van der Waals surface area contributed by atoms with Crippen molar-refractivity contribution in [1.82, 2.24) is 5.32 Å². The molecule has 4 nitrogen and oxygen atoms in total. The average molecular weight is 339 g/mol. The van der Waals surface area contributed by atoms with Crippen LogP contribution in [0.3, 0.4) is 0 Å². The summed E-state index contributed by atoms with van der Waals surface area (Å²) >= 11 is 6.14. The van der Waals surface area contributed by atoms with Crippen LogP contribution in [-0.2, 0) is 14.9 Å². The number of rotatable bonds is 7. The van der Waals surface area contributed by atoms with E-state index in [9.17, 15) is 4.79 Å². The van der Waals surface area contributed by atoms with E-state index < -0.39 is 0 Å². The minimum Gasteiger partial charge on any atom is -0.469 e. The first kappa shape index (κ1) is 18.2. The van der Waals surface area contributed by atoms with Crippen LogP contribution in [0, 0.1) is 0 Å². The maximum Gasteiger partial charge on any atom is 0.305 e. The summed E-state index contributed by atoms with van der Waals surface area (Å²) in [6.45, 7) is 1.51. The van der Waals surface area contributed by atoms with Crippen molar-refractivity contribution >= 4 is 17.6 Å². The molecule has 3 N–H and O–H groups in total. The number of hydrogen-bond donors (Lipinski definition) is 2. The Kier molecular flexibility index (Phi) is 6.88. The van der Waals surface area contributed by atoms with Crippen LogP contribution >= 0.6 is 11.6 Å². The molecule has 0 bridgehead atoms. The largest absolute Gasteiger partial charge is 0.469 e. The van der Waals surface area contributed by atoms with E-state index >= 15 is 0 Å². The molecule has 1 aromatic rings. The summed E-state index contributed by atoms with van der Waals surface area (Å²) in [5.74, 6) is -0.140. The number of esters is 1. The molecule has 1 saturated carbocycles. The summed E-state index contributed by atoms with van der Waals surface area (Å²) in [6.07, 6.45) is 5.63. The second-order valence-corrected chi connectivity index (χ2v) is 6.84. The Morgan fingerprint density at radius 3 is 2.78 bits per heavy atom. The van der Waals surface area contributed by atoms with E-state index in [2.05, 4.69) is 22.2 Å². The van der Waals surface area contributed by atoms with Crippen LogP contribution in [0.1, 0.15) is 44.1 Å². The zero-order valence-electron chi connectivity index (χ0n) is 13.8. The topological polar surface area (TPSA) is 64.3 Å². The van der Waals surface area contributed by atoms with Crippen molar-refractivity contribution in [3.63, 3.8) is 0 Å². The SMILES string of the molecule is COC(=O)CCCNC1CCC(CN)(c2cccc(Cl)c2)CC1. The van der Waals surface area contributed by atoms with E-state index in [0.29, 0.717) is 19.0 Å². The predicted molar refractivity (Wildman–Crippen MR) is 93.7 cm³/mol. The molecule has 0 spiro atoms. The lowest BCUT2D eigenvalue weighted by Gasteiger charge is -2.40. The maximum absolute atomic E-state index is 11.1. The highest BCUT2D eigenvalue weighted by Crippen LogP contribution is 2.39. The molecule has 1 aromatic carbocycles. The Morgan fingerprint density at radius 2 is 2.17 bits per heavy atom. The van der Waals surface area contributed by atoms with Gasteiger partial charge in [0.25, 0.3) is 0 Å². The summed E-state index contributed by atoms with van der Waals surface area (Å²) < 4.78 is 4.65. The Labute approximate surface area is 143 Å². The minimum atomic E-state index is -0.140.